The van der Waals surface area contributed by atoms with E-state index in [2.05, 4.69) is 31.9 Å². The average Bonchev–Trinajstić information content (AvgIpc) is 1.99. The van der Waals surface area contributed by atoms with Gasteiger partial charge < -0.3 is 10.2 Å². The molecule has 0 heterocycles. The molecule has 0 spiro atoms. The molecule has 0 aliphatic rings. The molecule has 0 amide bonds. The zero-order valence-electron chi connectivity index (χ0n) is 6.01. The number of rotatable bonds is 1. The molecular weight excluding hydrogens is 311 g/mol. The Hall–Kier alpha value is -0.620. The van der Waals surface area contributed by atoms with Gasteiger partial charge in [-0.15, -0.1) is 0 Å². The third kappa shape index (κ3) is 1.83. The van der Waals surface area contributed by atoms with Crippen molar-refractivity contribution in [3.63, 3.8) is 0 Å². The largest absolute Gasteiger partial charge is 0.504 e. The average molecular weight is 314 g/mol. The van der Waals surface area contributed by atoms with E-state index >= 15 is 0 Å². The van der Waals surface area contributed by atoms with Gasteiger partial charge in [0.2, 0.25) is 0 Å². The lowest BCUT2D eigenvalue weighted by Gasteiger charge is -2.04. The third-order valence-electron chi connectivity index (χ3n) is 1.36. The number of carboxylic acids is 1. The minimum absolute atomic E-state index is 0.0715. The molecule has 13 heavy (non-hydrogen) atoms. The smallest absolute Gasteiger partial charge is 0.339 e. The van der Waals surface area contributed by atoms with Crippen LogP contribution in [0.4, 0.5) is 4.39 Å². The lowest BCUT2D eigenvalue weighted by Crippen LogP contribution is -2.02. The van der Waals surface area contributed by atoms with Crippen molar-refractivity contribution in [3.8, 4) is 5.75 Å². The SMILES string of the molecule is O=C(O)c1c(Br)cc(Br)c(O)c1F. The summed E-state index contributed by atoms with van der Waals surface area (Å²) in [5.74, 6) is -3.30. The Morgan fingerprint density at radius 3 is 2.38 bits per heavy atom. The number of aromatic hydroxyl groups is 1. The van der Waals surface area contributed by atoms with Gasteiger partial charge in [-0.25, -0.2) is 9.18 Å². The van der Waals surface area contributed by atoms with Crippen molar-refractivity contribution in [2.75, 3.05) is 0 Å². The van der Waals surface area contributed by atoms with Crippen molar-refractivity contribution in [1.82, 2.24) is 0 Å². The zero-order chi connectivity index (χ0) is 10.2. The van der Waals surface area contributed by atoms with Gasteiger partial charge in [0.15, 0.2) is 11.6 Å². The van der Waals surface area contributed by atoms with E-state index in [4.69, 9.17) is 10.2 Å². The van der Waals surface area contributed by atoms with E-state index in [1.165, 1.54) is 6.07 Å². The fraction of sp³-hybridized carbons (Fsp3) is 0. The van der Waals surface area contributed by atoms with E-state index in [1.807, 2.05) is 0 Å². The third-order valence-corrected chi connectivity index (χ3v) is 2.59. The molecule has 0 aliphatic heterocycles. The maximum Gasteiger partial charge on any atom is 0.339 e. The Bertz CT molecular complexity index is 378. The molecule has 1 rings (SSSR count). The van der Waals surface area contributed by atoms with Gasteiger partial charge in [-0.1, -0.05) is 0 Å². The van der Waals surface area contributed by atoms with Crippen LogP contribution < -0.4 is 0 Å². The van der Waals surface area contributed by atoms with E-state index in [0.717, 1.165) is 0 Å². The highest BCUT2D eigenvalue weighted by Gasteiger charge is 2.20. The molecule has 0 aliphatic carbocycles. The summed E-state index contributed by atoms with van der Waals surface area (Å²) in [5.41, 5.74) is -0.583. The molecule has 70 valence electrons. The van der Waals surface area contributed by atoms with Crippen LogP contribution in [-0.2, 0) is 0 Å². The van der Waals surface area contributed by atoms with Crippen LogP contribution in [0.25, 0.3) is 0 Å². The summed E-state index contributed by atoms with van der Waals surface area (Å²) in [6.07, 6.45) is 0. The highest BCUT2D eigenvalue weighted by atomic mass is 79.9. The molecule has 0 aromatic heterocycles. The van der Waals surface area contributed by atoms with Crippen LogP contribution in [-0.4, -0.2) is 16.2 Å². The topological polar surface area (TPSA) is 57.5 Å². The number of halogens is 3. The summed E-state index contributed by atoms with van der Waals surface area (Å²) >= 11 is 5.74. The van der Waals surface area contributed by atoms with E-state index in [0.29, 0.717) is 0 Å². The summed E-state index contributed by atoms with van der Waals surface area (Å²) in [7, 11) is 0. The molecule has 1 aromatic carbocycles. The van der Waals surface area contributed by atoms with Gasteiger partial charge in [-0.05, 0) is 37.9 Å². The quantitative estimate of drug-likeness (QED) is 0.838. The van der Waals surface area contributed by atoms with Gasteiger partial charge >= 0.3 is 5.97 Å². The van der Waals surface area contributed by atoms with Crippen molar-refractivity contribution in [2.45, 2.75) is 0 Å². The molecule has 1 aromatic rings. The Morgan fingerprint density at radius 1 is 1.38 bits per heavy atom. The normalized spacial score (nSPS) is 10.1. The van der Waals surface area contributed by atoms with Crippen LogP contribution >= 0.6 is 31.9 Å². The monoisotopic (exact) mass is 312 g/mol. The second-order valence-corrected chi connectivity index (χ2v) is 3.89. The zero-order valence-corrected chi connectivity index (χ0v) is 9.19. The number of phenols is 1. The van der Waals surface area contributed by atoms with Crippen LogP contribution in [0.1, 0.15) is 10.4 Å². The first-order valence-corrected chi connectivity index (χ1v) is 4.63. The molecule has 6 heteroatoms. The summed E-state index contributed by atoms with van der Waals surface area (Å²) in [5, 5.41) is 17.6. The fourth-order valence-corrected chi connectivity index (χ4v) is 2.06. The summed E-state index contributed by atoms with van der Waals surface area (Å²) in [6, 6.07) is 1.27. The van der Waals surface area contributed by atoms with Crippen molar-refractivity contribution < 1.29 is 19.4 Å². The molecule has 3 nitrogen and oxygen atoms in total. The van der Waals surface area contributed by atoms with E-state index < -0.39 is 23.1 Å². The van der Waals surface area contributed by atoms with Gasteiger partial charge in [0, 0.05) is 4.47 Å². The van der Waals surface area contributed by atoms with Crippen molar-refractivity contribution in [1.29, 1.82) is 0 Å². The second kappa shape index (κ2) is 3.63. The second-order valence-electron chi connectivity index (χ2n) is 2.18. The molecular formula is C7H3Br2FO3. The number of phenolic OH excluding ortho intramolecular Hbond substituents is 1. The summed E-state index contributed by atoms with van der Waals surface area (Å²) in [6.45, 7) is 0. The first kappa shape index (κ1) is 10.5. The van der Waals surface area contributed by atoms with Crippen LogP contribution in [0.2, 0.25) is 0 Å². The van der Waals surface area contributed by atoms with Gasteiger partial charge in [-0.3, -0.25) is 0 Å². The minimum atomic E-state index is -1.44. The van der Waals surface area contributed by atoms with Gasteiger partial charge in [0.1, 0.15) is 5.56 Å². The fourth-order valence-electron chi connectivity index (χ4n) is 0.776. The predicted octanol–water partition coefficient (Wildman–Crippen LogP) is 2.75. The van der Waals surface area contributed by atoms with Crippen molar-refractivity contribution in [2.24, 2.45) is 0 Å². The van der Waals surface area contributed by atoms with Crippen LogP contribution in [0.3, 0.4) is 0 Å². The van der Waals surface area contributed by atoms with Gasteiger partial charge in [0.05, 0.1) is 4.47 Å². The molecule has 0 saturated carbocycles. The van der Waals surface area contributed by atoms with Gasteiger partial charge in [-0.2, -0.15) is 0 Å². The van der Waals surface area contributed by atoms with E-state index in [-0.39, 0.29) is 8.95 Å². The Labute approximate surface area is 89.4 Å². The summed E-state index contributed by atoms with van der Waals surface area (Å²) < 4.78 is 13.3. The van der Waals surface area contributed by atoms with Crippen LogP contribution in [0.5, 0.6) is 5.75 Å². The highest BCUT2D eigenvalue weighted by molar-refractivity contribution is 9.11. The van der Waals surface area contributed by atoms with E-state index in [9.17, 15) is 9.18 Å². The first-order chi connectivity index (χ1) is 5.95. The number of hydrogen-bond donors (Lipinski definition) is 2. The highest BCUT2D eigenvalue weighted by Crippen LogP contribution is 2.34. The molecule has 0 fully saturated rings. The van der Waals surface area contributed by atoms with Crippen molar-refractivity contribution in [3.05, 3.63) is 26.4 Å². The van der Waals surface area contributed by atoms with Crippen LogP contribution in [0.15, 0.2) is 15.0 Å². The van der Waals surface area contributed by atoms with E-state index in [1.54, 1.807) is 0 Å². The Morgan fingerprint density at radius 2 is 1.92 bits per heavy atom. The maximum absolute atomic E-state index is 13.1. The molecule has 2 N–H and O–H groups in total. The number of benzene rings is 1. The lowest BCUT2D eigenvalue weighted by molar-refractivity contribution is 0.0689. The Balaban J connectivity index is 3.53. The Kier molecular flexibility index (Phi) is 2.92. The van der Waals surface area contributed by atoms with Crippen molar-refractivity contribution >= 4 is 37.8 Å². The number of carbonyl (C=O) groups is 1. The molecule has 0 bridgehead atoms. The molecule has 0 radical (unpaired) electrons. The predicted molar refractivity (Wildman–Crippen MR) is 50.4 cm³/mol. The summed E-state index contributed by atoms with van der Waals surface area (Å²) in [4.78, 5) is 10.5. The van der Waals surface area contributed by atoms with Crippen LogP contribution in [0, 0.1) is 5.82 Å². The number of carboxylic acid groups (broad SMARTS) is 1. The molecule has 0 saturated heterocycles. The number of hydrogen-bond acceptors (Lipinski definition) is 2. The lowest BCUT2D eigenvalue weighted by atomic mass is 10.2. The minimum Gasteiger partial charge on any atom is -0.504 e. The number of aromatic carboxylic acids is 1. The maximum atomic E-state index is 13.1. The standard InChI is InChI=1S/C7H3Br2FO3/c8-2-1-3(9)6(11)5(10)4(2)7(12)13/h1,11H,(H,12,13). The molecule has 0 atom stereocenters. The van der Waals surface area contributed by atoms with Gasteiger partial charge in [0.25, 0.3) is 0 Å². The molecule has 0 unspecified atom stereocenters. The first-order valence-electron chi connectivity index (χ1n) is 3.05.